The van der Waals surface area contributed by atoms with Gasteiger partial charge in [-0.1, -0.05) is 17.7 Å². The Bertz CT molecular complexity index is 694. The van der Waals surface area contributed by atoms with Gasteiger partial charge in [-0.25, -0.2) is 0 Å². The van der Waals surface area contributed by atoms with Gasteiger partial charge in [0.15, 0.2) is 0 Å². The first-order chi connectivity index (χ1) is 11.6. The summed E-state index contributed by atoms with van der Waals surface area (Å²) in [5.41, 5.74) is 3.15. The molecule has 2 heterocycles. The molecule has 2 aromatic rings. The quantitative estimate of drug-likeness (QED) is 0.852. The Balaban J connectivity index is 1.47. The lowest BCUT2D eigenvalue weighted by molar-refractivity contribution is -0.121. The lowest BCUT2D eigenvalue weighted by Crippen LogP contribution is -2.37. The molecule has 0 radical (unpaired) electrons. The first kappa shape index (κ1) is 16.2. The first-order valence-corrected chi connectivity index (χ1v) is 8.26. The van der Waals surface area contributed by atoms with E-state index >= 15 is 0 Å². The van der Waals surface area contributed by atoms with E-state index < -0.39 is 0 Å². The van der Waals surface area contributed by atoms with Crippen LogP contribution in [0.3, 0.4) is 0 Å². The zero-order valence-electron chi connectivity index (χ0n) is 13.8. The number of aromatic nitrogens is 2. The van der Waals surface area contributed by atoms with Gasteiger partial charge in [-0.2, -0.15) is 5.10 Å². The highest BCUT2D eigenvalue weighted by molar-refractivity contribution is 5.96. The van der Waals surface area contributed by atoms with Gasteiger partial charge in [0.2, 0.25) is 11.8 Å². The Hall–Kier alpha value is -2.63. The number of nitrogens with zero attached hydrogens (tertiary/aromatic N) is 2. The van der Waals surface area contributed by atoms with Gasteiger partial charge in [0.1, 0.15) is 0 Å². The fourth-order valence-electron chi connectivity index (χ4n) is 2.95. The van der Waals surface area contributed by atoms with Crippen LogP contribution in [-0.4, -0.2) is 34.6 Å². The normalized spacial score (nSPS) is 17.3. The molecule has 1 aliphatic rings. The van der Waals surface area contributed by atoms with Gasteiger partial charge < -0.3 is 10.2 Å². The molecule has 0 unspecified atom stereocenters. The Kier molecular flexibility index (Phi) is 4.93. The smallest absolute Gasteiger partial charge is 0.229 e. The molecular weight excluding hydrogens is 304 g/mol. The number of anilines is 1. The second-order valence-corrected chi connectivity index (χ2v) is 6.27. The van der Waals surface area contributed by atoms with E-state index in [9.17, 15) is 9.59 Å². The number of carbonyl (C=O) groups excluding carboxylic acids is 2. The number of hydrogen-bond acceptors (Lipinski definition) is 3. The summed E-state index contributed by atoms with van der Waals surface area (Å²) < 4.78 is 0. The first-order valence-electron chi connectivity index (χ1n) is 8.26. The van der Waals surface area contributed by atoms with E-state index in [1.54, 1.807) is 11.1 Å². The third kappa shape index (κ3) is 4.01. The highest BCUT2D eigenvalue weighted by Crippen LogP contribution is 2.22. The van der Waals surface area contributed by atoms with Gasteiger partial charge in [0, 0.05) is 31.3 Å². The summed E-state index contributed by atoms with van der Waals surface area (Å²) in [6.45, 7) is 2.55. The van der Waals surface area contributed by atoms with Gasteiger partial charge in [0.25, 0.3) is 0 Å². The van der Waals surface area contributed by atoms with Crippen molar-refractivity contribution in [1.82, 2.24) is 15.5 Å². The predicted octanol–water partition coefficient (Wildman–Crippen LogP) is 1.96. The summed E-state index contributed by atoms with van der Waals surface area (Å²) in [4.78, 5) is 26.0. The van der Waals surface area contributed by atoms with Crippen LogP contribution in [0, 0.1) is 6.92 Å². The summed E-state index contributed by atoms with van der Waals surface area (Å²) in [6, 6.07) is 7.76. The van der Waals surface area contributed by atoms with E-state index in [1.165, 1.54) is 0 Å². The molecule has 1 atom stereocenters. The fraction of sp³-hybridized carbons (Fsp3) is 0.389. The summed E-state index contributed by atoms with van der Waals surface area (Å²) in [5, 5.41) is 9.62. The van der Waals surface area contributed by atoms with Crippen LogP contribution in [0.1, 0.15) is 30.4 Å². The van der Waals surface area contributed by atoms with Crippen molar-refractivity contribution in [2.24, 2.45) is 0 Å². The number of benzene rings is 1. The number of amides is 2. The zero-order valence-corrected chi connectivity index (χ0v) is 13.8. The van der Waals surface area contributed by atoms with E-state index in [2.05, 4.69) is 15.5 Å². The predicted molar refractivity (Wildman–Crippen MR) is 91.6 cm³/mol. The van der Waals surface area contributed by atoms with E-state index in [0.717, 1.165) is 29.7 Å². The number of carbonyl (C=O) groups is 2. The summed E-state index contributed by atoms with van der Waals surface area (Å²) in [6.07, 6.45) is 6.03. The fourth-order valence-corrected chi connectivity index (χ4v) is 2.95. The summed E-state index contributed by atoms with van der Waals surface area (Å²) in [5.74, 6) is 0.0598. The van der Waals surface area contributed by atoms with Crippen LogP contribution < -0.4 is 10.2 Å². The van der Waals surface area contributed by atoms with Crippen molar-refractivity contribution in [3.8, 4) is 0 Å². The molecule has 24 heavy (non-hydrogen) atoms. The number of hydrogen-bond donors (Lipinski definition) is 2. The number of rotatable bonds is 6. The lowest BCUT2D eigenvalue weighted by atomic mass is 10.1. The van der Waals surface area contributed by atoms with Gasteiger partial charge in [-0.3, -0.25) is 14.7 Å². The van der Waals surface area contributed by atoms with Crippen molar-refractivity contribution in [2.75, 3.05) is 11.4 Å². The van der Waals surface area contributed by atoms with Gasteiger partial charge in [0.05, 0.1) is 12.2 Å². The van der Waals surface area contributed by atoms with E-state index in [1.807, 2.05) is 37.4 Å². The van der Waals surface area contributed by atoms with Crippen molar-refractivity contribution < 1.29 is 9.59 Å². The molecule has 1 aliphatic heterocycles. The average molecular weight is 326 g/mol. The Labute approximate surface area is 141 Å². The van der Waals surface area contributed by atoms with Crippen LogP contribution in [0.15, 0.2) is 36.7 Å². The molecule has 0 spiro atoms. The monoisotopic (exact) mass is 326 g/mol. The largest absolute Gasteiger partial charge is 0.351 e. The average Bonchev–Trinajstić information content (AvgIpc) is 3.18. The molecule has 6 heteroatoms. The minimum absolute atomic E-state index is 0.00190. The maximum absolute atomic E-state index is 12.2. The number of nitrogens with one attached hydrogen (secondary N) is 2. The molecule has 1 fully saturated rings. The highest BCUT2D eigenvalue weighted by atomic mass is 16.2. The minimum Gasteiger partial charge on any atom is -0.351 e. The van der Waals surface area contributed by atoms with Crippen molar-refractivity contribution in [2.45, 2.75) is 38.6 Å². The van der Waals surface area contributed by atoms with Crippen LogP contribution in [0.5, 0.6) is 0 Å². The Morgan fingerprint density at radius 2 is 2.17 bits per heavy atom. The SMILES string of the molecule is Cc1ccc(N2C[C@H](NC(=O)CCCc3cn[nH]c3)CC2=O)cc1. The van der Waals surface area contributed by atoms with Crippen LogP contribution >= 0.6 is 0 Å². The van der Waals surface area contributed by atoms with Gasteiger partial charge in [-0.15, -0.1) is 0 Å². The van der Waals surface area contributed by atoms with Crippen LogP contribution in [0.25, 0.3) is 0 Å². The maximum atomic E-state index is 12.2. The second kappa shape index (κ2) is 7.29. The second-order valence-electron chi connectivity index (χ2n) is 6.27. The topological polar surface area (TPSA) is 78.1 Å². The standard InChI is InChI=1S/C18H22N4O2/c1-13-5-7-16(8-6-13)22-12-15(9-18(22)24)21-17(23)4-2-3-14-10-19-20-11-14/h5-8,10-11,15H,2-4,9,12H2,1H3,(H,19,20)(H,21,23)/t15-/m1/s1. The zero-order chi connectivity index (χ0) is 16.9. The van der Waals surface area contributed by atoms with Crippen molar-refractivity contribution in [1.29, 1.82) is 0 Å². The van der Waals surface area contributed by atoms with Crippen molar-refractivity contribution in [3.05, 3.63) is 47.8 Å². The molecule has 1 aromatic heterocycles. The summed E-state index contributed by atoms with van der Waals surface area (Å²) >= 11 is 0. The molecule has 2 N–H and O–H groups in total. The molecule has 1 aromatic carbocycles. The molecule has 3 rings (SSSR count). The molecule has 6 nitrogen and oxygen atoms in total. The highest BCUT2D eigenvalue weighted by Gasteiger charge is 2.31. The van der Waals surface area contributed by atoms with Crippen LogP contribution in [-0.2, 0) is 16.0 Å². The molecule has 2 amide bonds. The van der Waals surface area contributed by atoms with E-state index in [-0.39, 0.29) is 17.9 Å². The number of aromatic amines is 1. The third-order valence-corrected chi connectivity index (χ3v) is 4.26. The minimum atomic E-state index is -0.111. The molecule has 1 saturated heterocycles. The number of aryl methyl sites for hydroxylation is 2. The lowest BCUT2D eigenvalue weighted by Gasteiger charge is -2.17. The van der Waals surface area contributed by atoms with E-state index in [4.69, 9.17) is 0 Å². The molecular formula is C18H22N4O2. The Morgan fingerprint density at radius 1 is 1.38 bits per heavy atom. The van der Waals surface area contributed by atoms with Gasteiger partial charge in [-0.05, 0) is 37.5 Å². The molecule has 0 aliphatic carbocycles. The number of H-pyrrole nitrogens is 1. The van der Waals surface area contributed by atoms with Gasteiger partial charge >= 0.3 is 0 Å². The molecule has 126 valence electrons. The van der Waals surface area contributed by atoms with Crippen LogP contribution in [0.2, 0.25) is 0 Å². The Morgan fingerprint density at radius 3 is 2.88 bits per heavy atom. The van der Waals surface area contributed by atoms with Crippen molar-refractivity contribution >= 4 is 17.5 Å². The van der Waals surface area contributed by atoms with E-state index in [0.29, 0.717) is 19.4 Å². The molecule has 0 saturated carbocycles. The van der Waals surface area contributed by atoms with Crippen LogP contribution in [0.4, 0.5) is 5.69 Å². The van der Waals surface area contributed by atoms with Crippen molar-refractivity contribution in [3.63, 3.8) is 0 Å². The molecule has 0 bridgehead atoms. The maximum Gasteiger partial charge on any atom is 0.229 e. The third-order valence-electron chi connectivity index (χ3n) is 4.26. The summed E-state index contributed by atoms with van der Waals surface area (Å²) in [7, 11) is 0.